The standard InChI is InChI=1S/C18H24N2O/c1-2-11-19-13-10-18(8-4-9-18)21-16-7-6-15-5-3-12-20-17(15)14-16/h3,5-7,12,14,19H,2,4,8-11,13H2,1H3. The van der Waals surface area contributed by atoms with Crippen LogP contribution in [0, 0.1) is 0 Å². The van der Waals surface area contributed by atoms with Crippen LogP contribution in [0.5, 0.6) is 5.75 Å². The third kappa shape index (κ3) is 3.35. The Morgan fingerprint density at radius 3 is 2.90 bits per heavy atom. The Bertz CT molecular complexity index is 593. The molecule has 3 heteroatoms. The molecule has 0 aliphatic heterocycles. The Kier molecular flexibility index (Phi) is 4.39. The summed E-state index contributed by atoms with van der Waals surface area (Å²) in [6.45, 7) is 4.33. The summed E-state index contributed by atoms with van der Waals surface area (Å²) in [5, 5.41) is 4.65. The summed E-state index contributed by atoms with van der Waals surface area (Å²) in [7, 11) is 0. The largest absolute Gasteiger partial charge is 0.487 e. The zero-order valence-corrected chi connectivity index (χ0v) is 12.8. The van der Waals surface area contributed by atoms with Gasteiger partial charge in [0.25, 0.3) is 0 Å². The van der Waals surface area contributed by atoms with Gasteiger partial charge in [0, 0.05) is 17.6 Å². The average molecular weight is 284 g/mol. The van der Waals surface area contributed by atoms with Crippen molar-refractivity contribution in [3.05, 3.63) is 36.5 Å². The average Bonchev–Trinajstić information content (AvgIpc) is 2.48. The zero-order chi connectivity index (χ0) is 14.5. The fourth-order valence-electron chi connectivity index (χ4n) is 2.95. The Morgan fingerprint density at radius 1 is 1.24 bits per heavy atom. The number of aromatic nitrogens is 1. The van der Waals surface area contributed by atoms with E-state index in [-0.39, 0.29) is 5.60 Å². The van der Waals surface area contributed by atoms with Gasteiger partial charge in [-0.15, -0.1) is 0 Å². The molecular weight excluding hydrogens is 260 g/mol. The quantitative estimate of drug-likeness (QED) is 0.782. The van der Waals surface area contributed by atoms with Crippen LogP contribution < -0.4 is 10.1 Å². The lowest BCUT2D eigenvalue weighted by Crippen LogP contribution is -2.45. The van der Waals surface area contributed by atoms with Crippen molar-refractivity contribution < 1.29 is 4.74 Å². The maximum Gasteiger partial charge on any atom is 0.122 e. The topological polar surface area (TPSA) is 34.1 Å². The van der Waals surface area contributed by atoms with E-state index < -0.39 is 0 Å². The summed E-state index contributed by atoms with van der Waals surface area (Å²) in [4.78, 5) is 4.41. The van der Waals surface area contributed by atoms with Gasteiger partial charge in [0.05, 0.1) is 5.52 Å². The molecule has 1 N–H and O–H groups in total. The first kappa shape index (κ1) is 14.3. The van der Waals surface area contributed by atoms with Crippen LogP contribution in [0.2, 0.25) is 0 Å². The fourth-order valence-corrected chi connectivity index (χ4v) is 2.95. The van der Waals surface area contributed by atoms with Crippen molar-refractivity contribution in [2.24, 2.45) is 0 Å². The summed E-state index contributed by atoms with van der Waals surface area (Å²) < 4.78 is 6.35. The molecule has 1 aliphatic carbocycles. The smallest absolute Gasteiger partial charge is 0.122 e. The number of fused-ring (bicyclic) bond motifs is 1. The van der Waals surface area contributed by atoms with E-state index in [2.05, 4.69) is 41.5 Å². The molecule has 1 aromatic carbocycles. The molecule has 112 valence electrons. The minimum absolute atomic E-state index is 0.0448. The Balaban J connectivity index is 1.67. The van der Waals surface area contributed by atoms with E-state index in [9.17, 15) is 0 Å². The molecule has 21 heavy (non-hydrogen) atoms. The second kappa shape index (κ2) is 6.44. The molecular formula is C18H24N2O. The maximum atomic E-state index is 6.35. The van der Waals surface area contributed by atoms with Gasteiger partial charge < -0.3 is 10.1 Å². The molecule has 0 amide bonds. The molecule has 1 fully saturated rings. The molecule has 2 aromatic rings. The minimum atomic E-state index is 0.0448. The van der Waals surface area contributed by atoms with Crippen molar-refractivity contribution in [3.8, 4) is 5.75 Å². The third-order valence-electron chi connectivity index (χ3n) is 4.36. The van der Waals surface area contributed by atoms with Gasteiger partial charge >= 0.3 is 0 Å². The Hall–Kier alpha value is -1.61. The number of benzene rings is 1. The van der Waals surface area contributed by atoms with Crippen LogP contribution >= 0.6 is 0 Å². The number of pyridine rings is 1. The lowest BCUT2D eigenvalue weighted by molar-refractivity contribution is -0.0140. The molecule has 1 heterocycles. The number of rotatable bonds is 7. The number of nitrogens with zero attached hydrogens (tertiary/aromatic N) is 1. The van der Waals surface area contributed by atoms with Crippen molar-refractivity contribution in [3.63, 3.8) is 0 Å². The van der Waals surface area contributed by atoms with Gasteiger partial charge in [0.1, 0.15) is 11.4 Å². The van der Waals surface area contributed by atoms with E-state index in [0.29, 0.717) is 0 Å². The highest BCUT2D eigenvalue weighted by molar-refractivity contribution is 5.79. The van der Waals surface area contributed by atoms with Crippen LogP contribution in [-0.2, 0) is 0 Å². The molecule has 3 nitrogen and oxygen atoms in total. The van der Waals surface area contributed by atoms with E-state index in [1.54, 1.807) is 0 Å². The van der Waals surface area contributed by atoms with Gasteiger partial charge in [-0.05, 0) is 63.4 Å². The predicted octanol–water partition coefficient (Wildman–Crippen LogP) is 3.93. The van der Waals surface area contributed by atoms with E-state index in [0.717, 1.165) is 36.2 Å². The van der Waals surface area contributed by atoms with Gasteiger partial charge in [-0.1, -0.05) is 13.0 Å². The summed E-state index contributed by atoms with van der Waals surface area (Å²) in [6.07, 6.45) is 7.72. The predicted molar refractivity (Wildman–Crippen MR) is 86.7 cm³/mol. The Morgan fingerprint density at radius 2 is 2.14 bits per heavy atom. The fraction of sp³-hybridized carbons (Fsp3) is 0.500. The van der Waals surface area contributed by atoms with Crippen LogP contribution in [-0.4, -0.2) is 23.7 Å². The van der Waals surface area contributed by atoms with E-state index >= 15 is 0 Å². The highest BCUT2D eigenvalue weighted by atomic mass is 16.5. The third-order valence-corrected chi connectivity index (χ3v) is 4.36. The van der Waals surface area contributed by atoms with Gasteiger partial charge in [-0.25, -0.2) is 0 Å². The minimum Gasteiger partial charge on any atom is -0.487 e. The lowest BCUT2D eigenvalue weighted by atomic mass is 9.77. The molecule has 0 bridgehead atoms. The first-order valence-electron chi connectivity index (χ1n) is 8.06. The van der Waals surface area contributed by atoms with Crippen molar-refractivity contribution in [1.82, 2.24) is 10.3 Å². The summed E-state index contributed by atoms with van der Waals surface area (Å²) in [6, 6.07) is 10.3. The molecule has 1 aromatic heterocycles. The van der Waals surface area contributed by atoms with Crippen LogP contribution in [0.1, 0.15) is 39.0 Å². The monoisotopic (exact) mass is 284 g/mol. The van der Waals surface area contributed by atoms with Crippen molar-refractivity contribution in [1.29, 1.82) is 0 Å². The molecule has 0 saturated heterocycles. The summed E-state index contributed by atoms with van der Waals surface area (Å²) >= 11 is 0. The first-order chi connectivity index (χ1) is 10.3. The first-order valence-corrected chi connectivity index (χ1v) is 8.06. The summed E-state index contributed by atoms with van der Waals surface area (Å²) in [5.41, 5.74) is 1.05. The molecule has 0 spiro atoms. The van der Waals surface area contributed by atoms with Gasteiger partial charge in [0.15, 0.2) is 0 Å². The molecule has 0 unspecified atom stereocenters. The van der Waals surface area contributed by atoms with Crippen LogP contribution in [0.3, 0.4) is 0 Å². The van der Waals surface area contributed by atoms with E-state index in [1.807, 2.05) is 12.3 Å². The molecule has 1 saturated carbocycles. The molecule has 1 aliphatic rings. The number of ether oxygens (including phenoxy) is 1. The SMILES string of the molecule is CCCNCCC1(Oc2ccc3cccnc3c2)CCC1. The lowest BCUT2D eigenvalue weighted by Gasteiger charge is -2.42. The second-order valence-electron chi connectivity index (χ2n) is 6.00. The van der Waals surface area contributed by atoms with E-state index in [1.165, 1.54) is 25.7 Å². The molecule has 0 atom stereocenters. The number of hydrogen-bond acceptors (Lipinski definition) is 3. The van der Waals surface area contributed by atoms with Crippen LogP contribution in [0.15, 0.2) is 36.5 Å². The number of hydrogen-bond donors (Lipinski definition) is 1. The normalized spacial score (nSPS) is 16.6. The van der Waals surface area contributed by atoms with Gasteiger partial charge in [0.2, 0.25) is 0 Å². The highest BCUT2D eigenvalue weighted by Crippen LogP contribution is 2.39. The Labute approximate surface area is 126 Å². The zero-order valence-electron chi connectivity index (χ0n) is 12.8. The van der Waals surface area contributed by atoms with Crippen LogP contribution in [0.4, 0.5) is 0 Å². The summed E-state index contributed by atoms with van der Waals surface area (Å²) in [5.74, 6) is 0.955. The second-order valence-corrected chi connectivity index (χ2v) is 6.00. The van der Waals surface area contributed by atoms with Crippen molar-refractivity contribution in [2.45, 2.75) is 44.6 Å². The van der Waals surface area contributed by atoms with Gasteiger partial charge in [-0.3, -0.25) is 4.98 Å². The number of nitrogens with one attached hydrogen (secondary N) is 1. The molecule has 3 rings (SSSR count). The van der Waals surface area contributed by atoms with Crippen molar-refractivity contribution in [2.75, 3.05) is 13.1 Å². The molecule has 0 radical (unpaired) electrons. The van der Waals surface area contributed by atoms with E-state index in [4.69, 9.17) is 4.74 Å². The maximum absolute atomic E-state index is 6.35. The van der Waals surface area contributed by atoms with Crippen LogP contribution in [0.25, 0.3) is 10.9 Å². The van der Waals surface area contributed by atoms with Gasteiger partial charge in [-0.2, -0.15) is 0 Å². The highest BCUT2D eigenvalue weighted by Gasteiger charge is 2.38. The van der Waals surface area contributed by atoms with Crippen molar-refractivity contribution >= 4 is 10.9 Å².